The smallest absolute Gasteiger partial charge is 0.326 e. The number of hydrogen-bond acceptors (Lipinski definition) is 15. The van der Waals surface area contributed by atoms with Crippen LogP contribution in [0.25, 0.3) is 0 Å². The van der Waals surface area contributed by atoms with Crippen molar-refractivity contribution in [1.29, 1.82) is 0 Å². The summed E-state index contributed by atoms with van der Waals surface area (Å²) >= 11 is 0. The SMILES string of the molecule is C[C@H](NC(=O)[C@@H]1CCCN1C(=O)[C@@H](N)CCCCN)C(=O)N1CCC[C@H]1C(=O)N1CCC[C@H]1C(=O)N[C@@H](CCCCN)C(=O)N1CCC[C@H]1C(=O)N[C@@H](CCC(=O)O)C(=O)N1CCC[C@H]1C(=O)N[C@@H](CCCCN)C(=O)O. The molecule has 0 radical (unpaired) electrons. The first-order chi connectivity index (χ1) is 36.8. The molecule has 0 bridgehead atoms. The van der Waals surface area contributed by atoms with Gasteiger partial charge < -0.3 is 78.9 Å². The van der Waals surface area contributed by atoms with E-state index in [1.54, 1.807) is 0 Å². The molecule has 0 aromatic heterocycles. The number of carboxylic acid groups (broad SMARTS) is 2. The van der Waals surface area contributed by atoms with Gasteiger partial charge in [0, 0.05) is 39.1 Å². The number of amides is 9. The number of hydrogen-bond donors (Lipinski definition) is 10. The van der Waals surface area contributed by atoms with Gasteiger partial charge in [-0.3, -0.25) is 47.9 Å². The quantitative estimate of drug-likeness (QED) is 0.0348. The first kappa shape index (κ1) is 61.9. The van der Waals surface area contributed by atoms with E-state index in [-0.39, 0.29) is 70.6 Å². The van der Waals surface area contributed by atoms with Gasteiger partial charge in [0.2, 0.25) is 53.2 Å². The number of aliphatic carboxylic acids is 2. The van der Waals surface area contributed by atoms with Crippen LogP contribution in [-0.2, 0) is 52.7 Å². The number of carbonyl (C=O) groups excluding carboxylic acids is 9. The summed E-state index contributed by atoms with van der Waals surface area (Å²) < 4.78 is 0. The van der Waals surface area contributed by atoms with E-state index in [9.17, 15) is 63.0 Å². The Morgan fingerprint density at radius 2 is 0.792 bits per heavy atom. The summed E-state index contributed by atoms with van der Waals surface area (Å²) in [7, 11) is 0. The molecule has 77 heavy (non-hydrogen) atoms. The molecule has 5 rings (SSSR count). The van der Waals surface area contributed by atoms with Crippen LogP contribution in [-0.4, -0.2) is 213 Å². The van der Waals surface area contributed by atoms with Crippen molar-refractivity contribution in [3.63, 3.8) is 0 Å². The van der Waals surface area contributed by atoms with Crippen LogP contribution in [0.15, 0.2) is 0 Å². The van der Waals surface area contributed by atoms with Crippen molar-refractivity contribution in [2.75, 3.05) is 52.4 Å². The van der Waals surface area contributed by atoms with Gasteiger partial charge in [-0.1, -0.05) is 6.42 Å². The van der Waals surface area contributed by atoms with E-state index >= 15 is 0 Å². The number of carboxylic acids is 2. The highest BCUT2D eigenvalue weighted by Gasteiger charge is 2.46. The summed E-state index contributed by atoms with van der Waals surface area (Å²) in [6.07, 6.45) is 6.90. The second-order valence-corrected chi connectivity index (χ2v) is 21.1. The average molecular weight is 1090 g/mol. The molecule has 5 fully saturated rings. The van der Waals surface area contributed by atoms with Crippen LogP contribution in [0, 0.1) is 0 Å². The molecule has 432 valence electrons. The highest BCUT2D eigenvalue weighted by atomic mass is 16.4. The Labute approximate surface area is 450 Å². The molecular formula is C51H85N13O13. The van der Waals surface area contributed by atoms with E-state index in [4.69, 9.17) is 22.9 Å². The van der Waals surface area contributed by atoms with Crippen LogP contribution < -0.4 is 44.2 Å². The molecule has 14 N–H and O–H groups in total. The molecule has 0 saturated carbocycles. The van der Waals surface area contributed by atoms with E-state index in [1.807, 2.05) is 0 Å². The van der Waals surface area contributed by atoms with Crippen molar-refractivity contribution < 1.29 is 63.0 Å². The Hall–Kier alpha value is -5.99. The summed E-state index contributed by atoms with van der Waals surface area (Å²) in [5, 5.41) is 30.2. The van der Waals surface area contributed by atoms with Crippen LogP contribution in [0.1, 0.15) is 142 Å². The van der Waals surface area contributed by atoms with Gasteiger partial charge in [-0.2, -0.15) is 0 Å². The summed E-state index contributed by atoms with van der Waals surface area (Å²) in [4.78, 5) is 156. The lowest BCUT2D eigenvalue weighted by Gasteiger charge is -2.34. The average Bonchev–Trinajstić information content (AvgIpc) is 4.28. The Morgan fingerprint density at radius 1 is 0.442 bits per heavy atom. The predicted molar refractivity (Wildman–Crippen MR) is 278 cm³/mol. The third-order valence-corrected chi connectivity index (χ3v) is 15.6. The molecule has 5 saturated heterocycles. The normalized spacial score (nSPS) is 23.2. The minimum atomic E-state index is -1.41. The molecule has 9 amide bonds. The van der Waals surface area contributed by atoms with Crippen molar-refractivity contribution in [2.24, 2.45) is 22.9 Å². The van der Waals surface area contributed by atoms with Crippen molar-refractivity contribution in [3.05, 3.63) is 0 Å². The fraction of sp³-hybridized carbons (Fsp3) is 0.784. The van der Waals surface area contributed by atoms with E-state index < -0.39 is 126 Å². The Kier molecular flexibility index (Phi) is 24.3. The molecule has 0 aliphatic carbocycles. The number of likely N-dealkylation sites (tertiary alicyclic amines) is 5. The number of nitrogens with one attached hydrogen (secondary N) is 4. The molecular weight excluding hydrogens is 1000 g/mol. The second kappa shape index (κ2) is 30.2. The molecule has 10 atom stereocenters. The fourth-order valence-corrected chi connectivity index (χ4v) is 11.4. The van der Waals surface area contributed by atoms with E-state index in [2.05, 4.69) is 21.3 Å². The van der Waals surface area contributed by atoms with Gasteiger partial charge >= 0.3 is 11.9 Å². The number of nitrogens with two attached hydrogens (primary N) is 4. The summed E-state index contributed by atoms with van der Waals surface area (Å²) in [6, 6.07) is -10.5. The monoisotopic (exact) mass is 1090 g/mol. The standard InChI is InChI=1S/C51H85N13O13/c1-31(56-42(67)36-16-8-26-60(36)47(72)32(55)13-2-5-23-52)46(71)64-30-12-20-40(64)50(75)63-29-11-19-39(63)44(69)57-33(14-3-6-24-53)48(73)61-27-9-17-37(61)43(68)58-34(21-22-41(65)66)49(74)62-28-10-18-38(62)45(70)59-35(51(76)77)15-4-7-25-54/h31-40H,2-30,52-55H2,1H3,(H,56,67)(H,57,69)(H,58,68)(H,59,70)(H,65,66)(H,76,77)/t31-,32-,33-,34-,35-,36-,37-,38-,39-,40-/m0/s1. The molecule has 0 aromatic rings. The number of rotatable bonds is 29. The lowest BCUT2D eigenvalue weighted by Crippen LogP contribution is -2.59. The van der Waals surface area contributed by atoms with Crippen LogP contribution >= 0.6 is 0 Å². The third-order valence-electron chi connectivity index (χ3n) is 15.6. The largest absolute Gasteiger partial charge is 0.481 e. The first-order valence-electron chi connectivity index (χ1n) is 27.9. The zero-order valence-electron chi connectivity index (χ0n) is 44.7. The van der Waals surface area contributed by atoms with Crippen molar-refractivity contribution in [3.8, 4) is 0 Å². The van der Waals surface area contributed by atoms with Gasteiger partial charge in [0.15, 0.2) is 0 Å². The van der Waals surface area contributed by atoms with Crippen LogP contribution in [0.3, 0.4) is 0 Å². The molecule has 26 nitrogen and oxygen atoms in total. The van der Waals surface area contributed by atoms with E-state index in [0.29, 0.717) is 110 Å². The Balaban J connectivity index is 1.23. The summed E-state index contributed by atoms with van der Waals surface area (Å²) in [6.45, 7) is 3.68. The minimum absolute atomic E-state index is 0.0946. The maximum Gasteiger partial charge on any atom is 0.326 e. The highest BCUT2D eigenvalue weighted by molar-refractivity contribution is 5.99. The topological polar surface area (TPSA) is 397 Å². The molecule has 26 heteroatoms. The molecule has 5 aliphatic heterocycles. The van der Waals surface area contributed by atoms with Gasteiger partial charge in [0.05, 0.1) is 6.04 Å². The fourth-order valence-electron chi connectivity index (χ4n) is 11.4. The minimum Gasteiger partial charge on any atom is -0.481 e. The van der Waals surface area contributed by atoms with Gasteiger partial charge in [-0.15, -0.1) is 0 Å². The van der Waals surface area contributed by atoms with Gasteiger partial charge in [0.25, 0.3) is 0 Å². The first-order valence-corrected chi connectivity index (χ1v) is 27.9. The third kappa shape index (κ3) is 16.5. The van der Waals surface area contributed by atoms with Gasteiger partial charge in [-0.25, -0.2) is 4.79 Å². The highest BCUT2D eigenvalue weighted by Crippen LogP contribution is 2.28. The lowest BCUT2D eigenvalue weighted by molar-refractivity contribution is -0.148. The van der Waals surface area contributed by atoms with E-state index in [0.717, 1.165) is 6.42 Å². The van der Waals surface area contributed by atoms with Crippen molar-refractivity contribution in [2.45, 2.75) is 202 Å². The molecule has 5 aliphatic rings. The maximum atomic E-state index is 14.6. The zero-order chi connectivity index (χ0) is 56.3. The Morgan fingerprint density at radius 3 is 1.23 bits per heavy atom. The second-order valence-electron chi connectivity index (χ2n) is 21.1. The Bertz CT molecular complexity index is 2120. The lowest BCUT2D eigenvalue weighted by atomic mass is 10.0. The van der Waals surface area contributed by atoms with Crippen LogP contribution in [0.2, 0.25) is 0 Å². The van der Waals surface area contributed by atoms with Crippen molar-refractivity contribution >= 4 is 65.1 Å². The number of unbranched alkanes of at least 4 members (excludes halogenated alkanes) is 3. The zero-order valence-corrected chi connectivity index (χ0v) is 44.7. The molecule has 5 heterocycles. The van der Waals surface area contributed by atoms with Gasteiger partial charge in [0.1, 0.15) is 54.4 Å². The van der Waals surface area contributed by atoms with Crippen LogP contribution in [0.4, 0.5) is 0 Å². The maximum absolute atomic E-state index is 14.6. The van der Waals surface area contributed by atoms with Gasteiger partial charge in [-0.05, 0) is 149 Å². The predicted octanol–water partition coefficient (Wildman–Crippen LogP) is -2.44. The molecule has 0 spiro atoms. The molecule has 0 unspecified atom stereocenters. The van der Waals surface area contributed by atoms with Crippen molar-refractivity contribution in [1.82, 2.24) is 45.8 Å². The summed E-state index contributed by atoms with van der Waals surface area (Å²) in [5.41, 5.74) is 23.1. The molecule has 0 aromatic carbocycles. The van der Waals surface area contributed by atoms with E-state index in [1.165, 1.54) is 31.4 Å². The number of carbonyl (C=O) groups is 11. The van der Waals surface area contributed by atoms with Crippen LogP contribution in [0.5, 0.6) is 0 Å². The number of nitrogens with zero attached hydrogens (tertiary/aromatic N) is 5. The summed E-state index contributed by atoms with van der Waals surface area (Å²) in [5.74, 6) is -7.57.